The molecule has 0 aromatic rings. The molecule has 3 fully saturated rings. The summed E-state index contributed by atoms with van der Waals surface area (Å²) in [7, 11) is 0. The van der Waals surface area contributed by atoms with Crippen LogP contribution in [0.5, 0.6) is 0 Å². The summed E-state index contributed by atoms with van der Waals surface area (Å²) in [5, 5.41) is 12.1. The van der Waals surface area contributed by atoms with Gasteiger partial charge >= 0.3 is 5.97 Å². The second-order valence-electron chi connectivity index (χ2n) is 6.73. The molecule has 1 saturated heterocycles. The third kappa shape index (κ3) is 2.82. The van der Waals surface area contributed by atoms with Gasteiger partial charge in [0.15, 0.2) is 0 Å². The lowest BCUT2D eigenvalue weighted by atomic mass is 9.66. The predicted octanol–water partition coefficient (Wildman–Crippen LogP) is 1.71. The Balaban J connectivity index is 1.46. The van der Waals surface area contributed by atoms with Crippen LogP contribution in [0.4, 0.5) is 0 Å². The van der Waals surface area contributed by atoms with Crippen LogP contribution in [0.1, 0.15) is 51.4 Å². The molecule has 1 atom stereocenters. The number of nitrogens with one attached hydrogen (secondary N) is 1. The zero-order valence-corrected chi connectivity index (χ0v) is 11.8. The van der Waals surface area contributed by atoms with Crippen molar-refractivity contribution in [2.75, 3.05) is 6.61 Å². The standard InChI is InChI=1S/C15H23NO4/c17-13(6-10-2-1-3-10)16-12-4-5-20-15(9-12)7-11(8-15)14(18)19/h10-12H,1-9H2,(H,16,17)(H,18,19). The first-order chi connectivity index (χ1) is 9.56. The smallest absolute Gasteiger partial charge is 0.306 e. The van der Waals surface area contributed by atoms with Crippen molar-refractivity contribution in [1.29, 1.82) is 0 Å². The van der Waals surface area contributed by atoms with Crippen molar-refractivity contribution in [3.05, 3.63) is 0 Å². The van der Waals surface area contributed by atoms with E-state index in [9.17, 15) is 9.59 Å². The van der Waals surface area contributed by atoms with Gasteiger partial charge in [0, 0.05) is 19.1 Å². The molecule has 0 radical (unpaired) electrons. The van der Waals surface area contributed by atoms with Gasteiger partial charge in [-0.05, 0) is 44.4 Å². The Bertz CT molecular complexity index is 399. The number of carboxylic acid groups (broad SMARTS) is 1. The molecular formula is C15H23NO4. The third-order valence-corrected chi connectivity index (χ3v) is 5.14. The SMILES string of the molecule is O=C(CC1CCC1)NC1CCOC2(C1)CC(C(=O)O)C2. The molecule has 3 rings (SSSR count). The van der Waals surface area contributed by atoms with Crippen LogP contribution in [0.2, 0.25) is 0 Å². The number of ether oxygens (including phenoxy) is 1. The number of amides is 1. The van der Waals surface area contributed by atoms with Gasteiger partial charge in [-0.3, -0.25) is 9.59 Å². The second-order valence-corrected chi connectivity index (χ2v) is 6.73. The largest absolute Gasteiger partial charge is 0.481 e. The molecule has 5 nitrogen and oxygen atoms in total. The first kappa shape index (κ1) is 13.9. The molecule has 1 heterocycles. The predicted molar refractivity (Wildman–Crippen MR) is 72.2 cm³/mol. The van der Waals surface area contributed by atoms with E-state index >= 15 is 0 Å². The van der Waals surface area contributed by atoms with Gasteiger partial charge in [0.2, 0.25) is 5.91 Å². The van der Waals surface area contributed by atoms with Crippen molar-refractivity contribution >= 4 is 11.9 Å². The Kier molecular flexibility index (Phi) is 3.71. The molecule has 2 saturated carbocycles. The summed E-state index contributed by atoms with van der Waals surface area (Å²) in [6.07, 6.45) is 7.09. The topological polar surface area (TPSA) is 75.6 Å². The summed E-state index contributed by atoms with van der Waals surface area (Å²) in [4.78, 5) is 22.9. The maximum Gasteiger partial charge on any atom is 0.306 e. The average Bonchev–Trinajstić information content (AvgIpc) is 2.31. The maximum atomic E-state index is 12.0. The van der Waals surface area contributed by atoms with E-state index in [4.69, 9.17) is 9.84 Å². The summed E-state index contributed by atoms with van der Waals surface area (Å²) in [5.74, 6) is -0.246. The number of carbonyl (C=O) groups excluding carboxylic acids is 1. The summed E-state index contributed by atoms with van der Waals surface area (Å²) in [6.45, 7) is 0.626. The van der Waals surface area contributed by atoms with Crippen molar-refractivity contribution in [1.82, 2.24) is 5.32 Å². The van der Waals surface area contributed by atoms with Crippen LogP contribution < -0.4 is 5.32 Å². The van der Waals surface area contributed by atoms with Gasteiger partial charge in [0.05, 0.1) is 11.5 Å². The minimum atomic E-state index is -0.727. The zero-order valence-electron chi connectivity index (χ0n) is 11.8. The lowest BCUT2D eigenvalue weighted by Crippen LogP contribution is -2.56. The van der Waals surface area contributed by atoms with E-state index in [0.717, 1.165) is 12.8 Å². The highest BCUT2D eigenvalue weighted by atomic mass is 16.5. The highest BCUT2D eigenvalue weighted by Crippen LogP contribution is 2.46. The molecule has 0 aromatic carbocycles. The zero-order chi connectivity index (χ0) is 14.2. The fraction of sp³-hybridized carbons (Fsp3) is 0.867. The molecule has 1 amide bonds. The molecule has 2 aliphatic carbocycles. The number of aliphatic carboxylic acids is 1. The summed E-state index contributed by atoms with van der Waals surface area (Å²) in [6, 6.07) is 0.158. The van der Waals surface area contributed by atoms with Gasteiger partial charge in [-0.15, -0.1) is 0 Å². The van der Waals surface area contributed by atoms with Crippen LogP contribution in [0.15, 0.2) is 0 Å². The maximum absolute atomic E-state index is 12.0. The fourth-order valence-corrected chi connectivity index (χ4v) is 3.69. The quantitative estimate of drug-likeness (QED) is 0.822. The second kappa shape index (κ2) is 5.35. The van der Waals surface area contributed by atoms with Crippen molar-refractivity contribution in [2.24, 2.45) is 11.8 Å². The number of hydrogen-bond acceptors (Lipinski definition) is 3. The summed E-state index contributed by atoms with van der Waals surface area (Å²) >= 11 is 0. The molecule has 1 unspecified atom stereocenters. The van der Waals surface area contributed by atoms with Gasteiger partial charge in [0.1, 0.15) is 0 Å². The Morgan fingerprint density at radius 3 is 2.55 bits per heavy atom. The Hall–Kier alpha value is -1.10. The van der Waals surface area contributed by atoms with Crippen molar-refractivity contribution in [3.8, 4) is 0 Å². The Morgan fingerprint density at radius 2 is 1.95 bits per heavy atom. The monoisotopic (exact) mass is 281 g/mol. The minimum absolute atomic E-state index is 0.158. The Morgan fingerprint density at radius 1 is 1.20 bits per heavy atom. The number of rotatable bonds is 4. The summed E-state index contributed by atoms with van der Waals surface area (Å²) in [5.41, 5.74) is -0.282. The third-order valence-electron chi connectivity index (χ3n) is 5.14. The first-order valence-electron chi connectivity index (χ1n) is 7.72. The molecule has 0 aromatic heterocycles. The lowest BCUT2D eigenvalue weighted by Gasteiger charge is -2.50. The van der Waals surface area contributed by atoms with Crippen LogP contribution in [-0.2, 0) is 14.3 Å². The van der Waals surface area contributed by atoms with Crippen LogP contribution in [0.25, 0.3) is 0 Å². The minimum Gasteiger partial charge on any atom is -0.481 e. The Labute approximate surface area is 119 Å². The molecule has 1 aliphatic heterocycles. The molecule has 2 N–H and O–H groups in total. The molecule has 0 bridgehead atoms. The normalized spacial score (nSPS) is 37.0. The van der Waals surface area contributed by atoms with Crippen LogP contribution in [0, 0.1) is 11.8 Å². The number of hydrogen-bond donors (Lipinski definition) is 2. The van der Waals surface area contributed by atoms with Crippen molar-refractivity contribution in [2.45, 2.75) is 63.0 Å². The van der Waals surface area contributed by atoms with Crippen LogP contribution in [-0.4, -0.2) is 35.2 Å². The summed E-state index contributed by atoms with van der Waals surface area (Å²) < 4.78 is 5.79. The van der Waals surface area contributed by atoms with Gasteiger partial charge in [-0.2, -0.15) is 0 Å². The van der Waals surface area contributed by atoms with E-state index < -0.39 is 5.97 Å². The van der Waals surface area contributed by atoms with E-state index in [1.807, 2.05) is 0 Å². The molecule has 112 valence electrons. The van der Waals surface area contributed by atoms with Gasteiger partial charge in [-0.1, -0.05) is 6.42 Å². The lowest BCUT2D eigenvalue weighted by molar-refractivity contribution is -0.182. The average molecular weight is 281 g/mol. The van der Waals surface area contributed by atoms with Crippen LogP contribution in [0.3, 0.4) is 0 Å². The molecule has 1 spiro atoms. The number of carboxylic acids is 1. The van der Waals surface area contributed by atoms with Gasteiger partial charge in [-0.25, -0.2) is 0 Å². The van der Waals surface area contributed by atoms with Gasteiger partial charge in [0.25, 0.3) is 0 Å². The fourth-order valence-electron chi connectivity index (χ4n) is 3.69. The highest BCUT2D eigenvalue weighted by Gasteiger charge is 2.51. The van der Waals surface area contributed by atoms with E-state index in [-0.39, 0.29) is 23.5 Å². The molecule has 3 aliphatic rings. The first-order valence-corrected chi connectivity index (χ1v) is 7.72. The van der Waals surface area contributed by atoms with Crippen molar-refractivity contribution < 1.29 is 19.4 Å². The van der Waals surface area contributed by atoms with E-state index in [0.29, 0.717) is 31.8 Å². The van der Waals surface area contributed by atoms with Crippen molar-refractivity contribution in [3.63, 3.8) is 0 Å². The van der Waals surface area contributed by atoms with E-state index in [1.165, 1.54) is 19.3 Å². The molecular weight excluding hydrogens is 258 g/mol. The van der Waals surface area contributed by atoms with E-state index in [1.54, 1.807) is 0 Å². The van der Waals surface area contributed by atoms with Gasteiger partial charge < -0.3 is 15.2 Å². The van der Waals surface area contributed by atoms with Crippen LogP contribution >= 0.6 is 0 Å². The van der Waals surface area contributed by atoms with E-state index in [2.05, 4.69) is 5.32 Å². The molecule has 5 heteroatoms. The molecule has 20 heavy (non-hydrogen) atoms. The highest BCUT2D eigenvalue weighted by molar-refractivity contribution is 5.76. The number of carbonyl (C=O) groups is 2.